The highest BCUT2D eigenvalue weighted by Crippen LogP contribution is 2.27. The highest BCUT2D eigenvalue weighted by atomic mass is 19.4. The minimum atomic E-state index is -4.51. The molecule has 0 saturated carbocycles. The Bertz CT molecular complexity index is 674. The van der Waals surface area contributed by atoms with Crippen molar-refractivity contribution in [2.75, 3.05) is 17.7 Å². The third-order valence-electron chi connectivity index (χ3n) is 2.78. The molecule has 122 valence electrons. The van der Waals surface area contributed by atoms with Crippen molar-refractivity contribution in [3.63, 3.8) is 0 Å². The predicted octanol–water partition coefficient (Wildman–Crippen LogP) is 3.29. The number of methoxy groups -OCH3 is 1. The number of carbonyl (C=O) groups excluding carboxylic acids is 1. The molecule has 0 atom stereocenters. The summed E-state index contributed by atoms with van der Waals surface area (Å²) in [6.45, 7) is 0.236. The van der Waals surface area contributed by atoms with Gasteiger partial charge in [0.1, 0.15) is 5.69 Å². The number of carbonyl (C=O) groups is 1. The Hall–Kier alpha value is -2.84. The van der Waals surface area contributed by atoms with E-state index in [0.717, 1.165) is 17.8 Å². The molecule has 0 saturated heterocycles. The van der Waals surface area contributed by atoms with Gasteiger partial charge >= 0.3 is 12.3 Å². The number of hydrogen-bond acceptors (Lipinski definition) is 5. The molecule has 0 fully saturated rings. The molecule has 2 rings (SSSR count). The molecule has 0 bridgehead atoms. The van der Waals surface area contributed by atoms with Gasteiger partial charge in [-0.1, -0.05) is 12.1 Å². The molecule has 1 amide bonds. The lowest BCUT2D eigenvalue weighted by Gasteiger charge is -2.09. The zero-order valence-electron chi connectivity index (χ0n) is 12.0. The lowest BCUT2D eigenvalue weighted by molar-refractivity contribution is -0.141. The van der Waals surface area contributed by atoms with Gasteiger partial charge in [0.2, 0.25) is 5.95 Å². The average molecular weight is 326 g/mol. The molecule has 2 aromatic rings. The van der Waals surface area contributed by atoms with E-state index in [1.54, 1.807) is 24.3 Å². The molecule has 0 radical (unpaired) electrons. The topological polar surface area (TPSA) is 76.1 Å². The highest BCUT2D eigenvalue weighted by Gasteiger charge is 2.32. The van der Waals surface area contributed by atoms with Crippen LogP contribution in [0.25, 0.3) is 0 Å². The average Bonchev–Trinajstić information content (AvgIpc) is 2.53. The largest absolute Gasteiger partial charge is 0.453 e. The molecular weight excluding hydrogens is 313 g/mol. The highest BCUT2D eigenvalue weighted by molar-refractivity contribution is 5.84. The van der Waals surface area contributed by atoms with Crippen LogP contribution < -0.4 is 10.6 Å². The fraction of sp³-hybridized carbons (Fsp3) is 0.214. The monoisotopic (exact) mass is 326 g/mol. The molecule has 0 aliphatic heterocycles. The third kappa shape index (κ3) is 4.83. The SMILES string of the molecule is COC(=O)Nc1ccc(CNc2nccc(C(F)(F)F)n2)cc1. The van der Waals surface area contributed by atoms with Gasteiger partial charge in [0.05, 0.1) is 7.11 Å². The van der Waals surface area contributed by atoms with E-state index in [1.165, 1.54) is 7.11 Å². The van der Waals surface area contributed by atoms with E-state index in [1.807, 2.05) is 0 Å². The Morgan fingerprint density at radius 2 is 1.91 bits per heavy atom. The summed E-state index contributed by atoms with van der Waals surface area (Å²) in [5, 5.41) is 5.20. The molecule has 6 nitrogen and oxygen atoms in total. The second kappa shape index (κ2) is 6.95. The number of halogens is 3. The first kappa shape index (κ1) is 16.5. The zero-order valence-corrected chi connectivity index (χ0v) is 12.0. The van der Waals surface area contributed by atoms with Crippen LogP contribution >= 0.6 is 0 Å². The molecule has 23 heavy (non-hydrogen) atoms. The lowest BCUT2D eigenvalue weighted by Crippen LogP contribution is -2.12. The van der Waals surface area contributed by atoms with Gasteiger partial charge in [0, 0.05) is 18.4 Å². The number of amides is 1. The van der Waals surface area contributed by atoms with Crippen molar-refractivity contribution >= 4 is 17.7 Å². The van der Waals surface area contributed by atoms with Crippen LogP contribution in [0.4, 0.5) is 29.6 Å². The molecule has 1 aromatic heterocycles. The maximum Gasteiger partial charge on any atom is 0.433 e. The molecule has 2 N–H and O–H groups in total. The summed E-state index contributed by atoms with van der Waals surface area (Å²) in [4.78, 5) is 18.2. The van der Waals surface area contributed by atoms with Crippen molar-refractivity contribution in [2.24, 2.45) is 0 Å². The number of aromatic nitrogens is 2. The standard InChI is InChI=1S/C14H13F3N4O2/c1-23-13(22)20-10-4-2-9(3-5-10)8-19-12-18-7-6-11(21-12)14(15,16)17/h2-7H,8H2,1H3,(H,20,22)(H,18,19,21). The fourth-order valence-electron chi connectivity index (χ4n) is 1.66. The number of hydrogen-bond donors (Lipinski definition) is 2. The van der Waals surface area contributed by atoms with Crippen molar-refractivity contribution in [1.82, 2.24) is 9.97 Å². The number of rotatable bonds is 4. The normalized spacial score (nSPS) is 11.0. The van der Waals surface area contributed by atoms with E-state index in [4.69, 9.17) is 0 Å². The summed E-state index contributed by atoms with van der Waals surface area (Å²) in [6, 6.07) is 7.48. The summed E-state index contributed by atoms with van der Waals surface area (Å²) in [5.41, 5.74) is 0.310. The molecular formula is C14H13F3N4O2. The van der Waals surface area contributed by atoms with Crippen LogP contribution in [-0.4, -0.2) is 23.2 Å². The van der Waals surface area contributed by atoms with E-state index < -0.39 is 18.0 Å². The first-order valence-corrected chi connectivity index (χ1v) is 6.46. The maximum absolute atomic E-state index is 12.5. The number of benzene rings is 1. The summed E-state index contributed by atoms with van der Waals surface area (Å²) < 4.78 is 42.1. The smallest absolute Gasteiger partial charge is 0.433 e. The van der Waals surface area contributed by atoms with Crippen LogP contribution in [0.1, 0.15) is 11.3 Å². The quantitative estimate of drug-likeness (QED) is 0.902. The minimum absolute atomic E-state index is 0.114. The van der Waals surface area contributed by atoms with Crippen LogP contribution in [0.5, 0.6) is 0 Å². The Kier molecular flexibility index (Phi) is 4.99. The van der Waals surface area contributed by atoms with Crippen molar-refractivity contribution < 1.29 is 22.7 Å². The summed E-state index contributed by atoms with van der Waals surface area (Å²) in [6.07, 6.45) is -4.06. The minimum Gasteiger partial charge on any atom is -0.453 e. The third-order valence-corrected chi connectivity index (χ3v) is 2.78. The van der Waals surface area contributed by atoms with Gasteiger partial charge in [0.25, 0.3) is 0 Å². The van der Waals surface area contributed by atoms with Gasteiger partial charge in [-0.3, -0.25) is 5.32 Å². The molecule has 0 aliphatic carbocycles. The number of ether oxygens (including phenoxy) is 1. The molecule has 0 unspecified atom stereocenters. The molecule has 1 heterocycles. The van der Waals surface area contributed by atoms with Gasteiger partial charge < -0.3 is 10.1 Å². The fourth-order valence-corrected chi connectivity index (χ4v) is 1.66. The van der Waals surface area contributed by atoms with E-state index >= 15 is 0 Å². The molecule has 9 heteroatoms. The van der Waals surface area contributed by atoms with Crippen molar-refractivity contribution in [3.8, 4) is 0 Å². The van der Waals surface area contributed by atoms with Crippen molar-refractivity contribution in [2.45, 2.75) is 12.7 Å². The Morgan fingerprint density at radius 1 is 1.22 bits per heavy atom. The van der Waals surface area contributed by atoms with Gasteiger partial charge in [-0.2, -0.15) is 13.2 Å². The van der Waals surface area contributed by atoms with Gasteiger partial charge in [0.15, 0.2) is 0 Å². The summed E-state index contributed by atoms with van der Waals surface area (Å²) in [7, 11) is 1.25. The van der Waals surface area contributed by atoms with E-state index in [2.05, 4.69) is 25.3 Å². The number of nitrogens with one attached hydrogen (secondary N) is 2. The van der Waals surface area contributed by atoms with Crippen LogP contribution in [0.3, 0.4) is 0 Å². The van der Waals surface area contributed by atoms with E-state index in [0.29, 0.717) is 5.69 Å². The first-order chi connectivity index (χ1) is 10.9. The van der Waals surface area contributed by atoms with Crippen molar-refractivity contribution in [3.05, 3.63) is 47.8 Å². The maximum atomic E-state index is 12.5. The summed E-state index contributed by atoms with van der Waals surface area (Å²) in [5.74, 6) is -0.114. The van der Waals surface area contributed by atoms with Gasteiger partial charge in [-0.25, -0.2) is 14.8 Å². The Balaban J connectivity index is 1.97. The van der Waals surface area contributed by atoms with Crippen LogP contribution in [-0.2, 0) is 17.5 Å². The molecule has 0 spiro atoms. The van der Waals surface area contributed by atoms with Gasteiger partial charge in [-0.05, 0) is 23.8 Å². The Morgan fingerprint density at radius 3 is 2.52 bits per heavy atom. The molecule has 1 aromatic carbocycles. The number of anilines is 2. The second-order valence-electron chi connectivity index (χ2n) is 4.43. The second-order valence-corrected chi connectivity index (χ2v) is 4.43. The van der Waals surface area contributed by atoms with Gasteiger partial charge in [-0.15, -0.1) is 0 Å². The zero-order chi connectivity index (χ0) is 16.9. The van der Waals surface area contributed by atoms with Crippen LogP contribution in [0, 0.1) is 0 Å². The van der Waals surface area contributed by atoms with Crippen LogP contribution in [0.15, 0.2) is 36.5 Å². The van der Waals surface area contributed by atoms with E-state index in [9.17, 15) is 18.0 Å². The molecule has 0 aliphatic rings. The Labute approximate surface area is 129 Å². The van der Waals surface area contributed by atoms with E-state index in [-0.39, 0.29) is 12.5 Å². The predicted molar refractivity (Wildman–Crippen MR) is 76.8 cm³/mol. The first-order valence-electron chi connectivity index (χ1n) is 6.46. The van der Waals surface area contributed by atoms with Crippen LogP contribution in [0.2, 0.25) is 0 Å². The lowest BCUT2D eigenvalue weighted by atomic mass is 10.2. The number of alkyl halides is 3. The number of nitrogens with zero attached hydrogens (tertiary/aromatic N) is 2. The summed E-state index contributed by atoms with van der Waals surface area (Å²) >= 11 is 0. The van der Waals surface area contributed by atoms with Crippen molar-refractivity contribution in [1.29, 1.82) is 0 Å².